The van der Waals surface area contributed by atoms with Crippen molar-refractivity contribution in [3.05, 3.63) is 60.6 Å². The van der Waals surface area contributed by atoms with E-state index in [1.807, 2.05) is 13.8 Å². The first-order valence-corrected chi connectivity index (χ1v) is 9.47. The molecule has 29 heavy (non-hydrogen) atoms. The summed E-state index contributed by atoms with van der Waals surface area (Å²) in [5, 5.41) is 26.0. The summed E-state index contributed by atoms with van der Waals surface area (Å²) >= 11 is 3.45. The van der Waals surface area contributed by atoms with Crippen molar-refractivity contribution in [2.45, 2.75) is 20.3 Å². The van der Waals surface area contributed by atoms with Gasteiger partial charge >= 0.3 is 5.69 Å². The van der Waals surface area contributed by atoms with Crippen molar-refractivity contribution in [2.24, 2.45) is 5.10 Å². The fraction of sp³-hybridized carbons (Fsp3) is 0.278. The predicted octanol–water partition coefficient (Wildman–Crippen LogP) is 4.90. The van der Waals surface area contributed by atoms with Gasteiger partial charge in [-0.3, -0.25) is 25.7 Å². The Morgan fingerprint density at radius 2 is 1.90 bits per heavy atom. The van der Waals surface area contributed by atoms with Crippen molar-refractivity contribution in [3.63, 3.8) is 0 Å². The van der Waals surface area contributed by atoms with Crippen LogP contribution in [0.5, 0.6) is 11.5 Å². The average molecular weight is 467 g/mol. The lowest BCUT2D eigenvalue weighted by molar-refractivity contribution is -0.393. The number of hydrogen-bond acceptors (Lipinski definition) is 8. The molecule has 0 radical (unpaired) electrons. The van der Waals surface area contributed by atoms with Gasteiger partial charge < -0.3 is 9.47 Å². The zero-order chi connectivity index (χ0) is 21.4. The topological polar surface area (TPSA) is 129 Å². The monoisotopic (exact) mass is 466 g/mol. The maximum absolute atomic E-state index is 11.2. The summed E-state index contributed by atoms with van der Waals surface area (Å²) < 4.78 is 12.0. The van der Waals surface area contributed by atoms with Crippen LogP contribution in [0, 0.1) is 20.2 Å². The Kier molecular flexibility index (Phi) is 7.89. The van der Waals surface area contributed by atoms with E-state index in [0.717, 1.165) is 18.6 Å². The Balaban J connectivity index is 2.26. The van der Waals surface area contributed by atoms with E-state index in [1.54, 1.807) is 12.1 Å². The lowest BCUT2D eigenvalue weighted by atomic mass is 10.2. The Morgan fingerprint density at radius 1 is 1.14 bits per heavy atom. The highest BCUT2D eigenvalue weighted by molar-refractivity contribution is 9.10. The Labute approximate surface area is 174 Å². The zero-order valence-corrected chi connectivity index (χ0v) is 17.3. The summed E-state index contributed by atoms with van der Waals surface area (Å²) in [5.74, 6) is 1.13. The van der Waals surface area contributed by atoms with Crippen LogP contribution in [-0.2, 0) is 0 Å². The number of benzene rings is 2. The summed E-state index contributed by atoms with van der Waals surface area (Å²) in [6, 6.07) is 6.77. The van der Waals surface area contributed by atoms with Crippen molar-refractivity contribution in [1.82, 2.24) is 0 Å². The van der Waals surface area contributed by atoms with Crippen molar-refractivity contribution >= 4 is 39.2 Å². The van der Waals surface area contributed by atoms with Gasteiger partial charge in [-0.1, -0.05) is 6.92 Å². The van der Waals surface area contributed by atoms with Crippen molar-refractivity contribution in [2.75, 3.05) is 18.6 Å². The number of halogens is 1. The minimum atomic E-state index is -0.714. The molecule has 0 atom stereocenters. The second kappa shape index (κ2) is 10.4. The predicted molar refractivity (Wildman–Crippen MR) is 112 cm³/mol. The van der Waals surface area contributed by atoms with Crippen LogP contribution in [0.25, 0.3) is 0 Å². The fourth-order valence-electron chi connectivity index (χ4n) is 2.33. The van der Waals surface area contributed by atoms with Gasteiger partial charge in [-0.05, 0) is 53.0 Å². The van der Waals surface area contributed by atoms with Gasteiger partial charge in [0.15, 0.2) is 11.5 Å². The third kappa shape index (κ3) is 5.88. The van der Waals surface area contributed by atoms with Gasteiger partial charge in [0.05, 0.1) is 39.8 Å². The van der Waals surface area contributed by atoms with E-state index in [-0.39, 0.29) is 11.4 Å². The molecule has 0 aromatic heterocycles. The number of ether oxygens (including phenoxy) is 2. The molecule has 2 aromatic rings. The van der Waals surface area contributed by atoms with Crippen LogP contribution in [0.2, 0.25) is 0 Å². The summed E-state index contributed by atoms with van der Waals surface area (Å²) in [4.78, 5) is 20.6. The molecule has 0 bridgehead atoms. The van der Waals surface area contributed by atoms with E-state index in [0.29, 0.717) is 34.7 Å². The minimum absolute atomic E-state index is 0.0313. The lowest BCUT2D eigenvalue weighted by Crippen LogP contribution is -2.02. The molecule has 0 aliphatic rings. The second-order valence-corrected chi connectivity index (χ2v) is 6.55. The first-order valence-electron chi connectivity index (χ1n) is 8.68. The molecule has 0 saturated carbocycles. The molecule has 0 amide bonds. The number of nitro benzene ring substituents is 2. The molecule has 0 aliphatic carbocycles. The van der Waals surface area contributed by atoms with Gasteiger partial charge in [0.2, 0.25) is 0 Å². The van der Waals surface area contributed by atoms with Crippen LogP contribution in [0.1, 0.15) is 25.8 Å². The number of nitro groups is 2. The first kappa shape index (κ1) is 22.1. The molecular weight excluding hydrogens is 448 g/mol. The van der Waals surface area contributed by atoms with Gasteiger partial charge in [-0.15, -0.1) is 0 Å². The van der Waals surface area contributed by atoms with Crippen LogP contribution in [-0.4, -0.2) is 29.3 Å². The third-order valence-corrected chi connectivity index (χ3v) is 4.16. The SMILES string of the molecule is CCCOc1c(Br)cc(/C=N/Nc2ccc([N+](=O)[O-])cc2[N+](=O)[O-])cc1OCC. The maximum atomic E-state index is 11.2. The van der Waals surface area contributed by atoms with Gasteiger partial charge in [0.1, 0.15) is 5.69 Å². The number of nitrogens with zero attached hydrogens (tertiary/aromatic N) is 3. The van der Waals surface area contributed by atoms with Gasteiger partial charge in [0, 0.05) is 6.07 Å². The number of rotatable bonds is 10. The number of anilines is 1. The normalized spacial score (nSPS) is 10.7. The van der Waals surface area contributed by atoms with E-state index >= 15 is 0 Å². The zero-order valence-electron chi connectivity index (χ0n) is 15.8. The smallest absolute Gasteiger partial charge is 0.301 e. The van der Waals surface area contributed by atoms with Gasteiger partial charge in [0.25, 0.3) is 5.69 Å². The third-order valence-electron chi connectivity index (χ3n) is 3.57. The number of non-ortho nitro benzene ring substituents is 1. The molecule has 0 fully saturated rings. The van der Waals surface area contributed by atoms with Crippen LogP contribution >= 0.6 is 15.9 Å². The average Bonchev–Trinajstić information content (AvgIpc) is 2.67. The van der Waals surface area contributed by atoms with E-state index in [9.17, 15) is 20.2 Å². The number of nitrogens with one attached hydrogen (secondary N) is 1. The number of hydrazone groups is 1. The molecule has 1 N–H and O–H groups in total. The van der Waals surface area contributed by atoms with Crippen molar-refractivity contribution in [1.29, 1.82) is 0 Å². The van der Waals surface area contributed by atoms with Crippen LogP contribution in [0.15, 0.2) is 39.9 Å². The number of hydrogen-bond donors (Lipinski definition) is 1. The molecule has 0 saturated heterocycles. The van der Waals surface area contributed by atoms with Crippen LogP contribution in [0.3, 0.4) is 0 Å². The van der Waals surface area contributed by atoms with Crippen molar-refractivity contribution in [3.8, 4) is 11.5 Å². The molecule has 2 aromatic carbocycles. The first-order chi connectivity index (χ1) is 13.9. The molecule has 2 rings (SSSR count). The van der Waals surface area contributed by atoms with E-state index in [2.05, 4.69) is 26.5 Å². The summed E-state index contributed by atoms with van der Waals surface area (Å²) in [6.45, 7) is 4.84. The van der Waals surface area contributed by atoms with E-state index < -0.39 is 15.5 Å². The maximum Gasteiger partial charge on any atom is 0.301 e. The molecule has 154 valence electrons. The van der Waals surface area contributed by atoms with Crippen molar-refractivity contribution < 1.29 is 19.3 Å². The Hall–Kier alpha value is -3.21. The summed E-state index contributed by atoms with van der Waals surface area (Å²) in [6.07, 6.45) is 2.29. The minimum Gasteiger partial charge on any atom is -0.490 e. The van der Waals surface area contributed by atoms with Gasteiger partial charge in [-0.25, -0.2) is 0 Å². The fourth-order valence-corrected chi connectivity index (χ4v) is 2.90. The highest BCUT2D eigenvalue weighted by Gasteiger charge is 2.19. The second-order valence-electron chi connectivity index (χ2n) is 5.70. The molecular formula is C18H19BrN4O6. The molecule has 0 spiro atoms. The van der Waals surface area contributed by atoms with Crippen LogP contribution < -0.4 is 14.9 Å². The molecule has 11 heteroatoms. The largest absolute Gasteiger partial charge is 0.490 e. The molecule has 0 heterocycles. The van der Waals surface area contributed by atoms with Crippen LogP contribution in [0.4, 0.5) is 17.1 Å². The highest BCUT2D eigenvalue weighted by Crippen LogP contribution is 2.37. The summed E-state index contributed by atoms with van der Waals surface area (Å²) in [5.41, 5.74) is 2.41. The molecule has 0 unspecified atom stereocenters. The lowest BCUT2D eigenvalue weighted by Gasteiger charge is -2.14. The highest BCUT2D eigenvalue weighted by atomic mass is 79.9. The quantitative estimate of drug-likeness (QED) is 0.299. The Morgan fingerprint density at radius 3 is 2.52 bits per heavy atom. The molecule has 0 aliphatic heterocycles. The van der Waals surface area contributed by atoms with Gasteiger partial charge in [-0.2, -0.15) is 5.10 Å². The standard InChI is InChI=1S/C18H19BrN4O6/c1-3-7-29-18-14(19)8-12(9-17(18)28-4-2)11-20-21-15-6-5-13(22(24)25)10-16(15)23(26)27/h5-6,8-11,21H,3-4,7H2,1-2H3/b20-11+. The molecule has 10 nitrogen and oxygen atoms in total. The van der Waals surface area contributed by atoms with E-state index in [1.165, 1.54) is 12.3 Å². The Bertz CT molecular complexity index is 935. The van der Waals surface area contributed by atoms with E-state index in [4.69, 9.17) is 9.47 Å². The summed E-state index contributed by atoms with van der Waals surface area (Å²) in [7, 11) is 0.